The van der Waals surface area contributed by atoms with E-state index >= 15 is 0 Å². The standard InChI is InChI=1S/C32H55N/c1-5-13-27(14-6-1)32(28-15-7-2-8-16-28)25-26-21-23-31(24-22-26)33(29-17-9-3-10-18-29)30-19-11-4-12-20-30/h25-31H,1-24H2. The maximum absolute atomic E-state index is 3.17. The van der Waals surface area contributed by atoms with Gasteiger partial charge in [-0.15, -0.1) is 0 Å². The molecule has 188 valence electrons. The summed E-state index contributed by atoms with van der Waals surface area (Å²) in [6.45, 7) is 0. The monoisotopic (exact) mass is 453 g/mol. The van der Waals surface area contributed by atoms with Gasteiger partial charge in [-0.2, -0.15) is 0 Å². The third-order valence-electron chi connectivity index (χ3n) is 10.7. The van der Waals surface area contributed by atoms with Crippen LogP contribution in [0.5, 0.6) is 0 Å². The zero-order chi connectivity index (χ0) is 22.3. The van der Waals surface area contributed by atoms with Crippen molar-refractivity contribution in [3.05, 3.63) is 11.6 Å². The Morgan fingerprint density at radius 1 is 0.394 bits per heavy atom. The van der Waals surface area contributed by atoms with Gasteiger partial charge in [-0.25, -0.2) is 0 Å². The van der Waals surface area contributed by atoms with Crippen LogP contribution in [0.4, 0.5) is 0 Å². The fourth-order valence-corrected chi connectivity index (χ4v) is 8.97. The van der Waals surface area contributed by atoms with E-state index in [-0.39, 0.29) is 0 Å². The molecule has 5 aliphatic carbocycles. The summed E-state index contributed by atoms with van der Waals surface area (Å²) in [6.07, 6.45) is 38.9. The molecule has 0 aliphatic heterocycles. The van der Waals surface area contributed by atoms with Gasteiger partial charge in [-0.1, -0.05) is 88.7 Å². The van der Waals surface area contributed by atoms with Gasteiger partial charge in [-0.05, 0) is 94.8 Å². The van der Waals surface area contributed by atoms with E-state index in [2.05, 4.69) is 11.0 Å². The van der Waals surface area contributed by atoms with E-state index in [0.29, 0.717) is 0 Å². The molecule has 5 aliphatic rings. The molecule has 0 saturated heterocycles. The smallest absolute Gasteiger partial charge is 0.0102 e. The van der Waals surface area contributed by atoms with Crippen LogP contribution in [-0.2, 0) is 0 Å². The molecular weight excluding hydrogens is 398 g/mol. The Balaban J connectivity index is 1.24. The van der Waals surface area contributed by atoms with Crippen LogP contribution >= 0.6 is 0 Å². The van der Waals surface area contributed by atoms with Crippen molar-refractivity contribution in [2.75, 3.05) is 0 Å². The topological polar surface area (TPSA) is 3.24 Å². The molecule has 0 aromatic carbocycles. The van der Waals surface area contributed by atoms with Crippen LogP contribution in [0.15, 0.2) is 11.6 Å². The number of rotatable bonds is 6. The van der Waals surface area contributed by atoms with Crippen molar-refractivity contribution in [1.29, 1.82) is 0 Å². The Kier molecular flexibility index (Phi) is 9.31. The minimum Gasteiger partial charge on any atom is -0.294 e. The zero-order valence-corrected chi connectivity index (χ0v) is 22.0. The fourth-order valence-electron chi connectivity index (χ4n) is 8.97. The summed E-state index contributed by atoms with van der Waals surface area (Å²) < 4.78 is 0. The first-order chi connectivity index (χ1) is 16.4. The molecule has 0 aromatic rings. The fraction of sp³-hybridized carbons (Fsp3) is 0.938. The minimum absolute atomic E-state index is 0.902. The van der Waals surface area contributed by atoms with E-state index in [9.17, 15) is 0 Å². The molecular formula is C32H55N. The van der Waals surface area contributed by atoms with E-state index in [4.69, 9.17) is 0 Å². The highest BCUT2D eigenvalue weighted by Crippen LogP contribution is 2.43. The average Bonchev–Trinajstić information content (AvgIpc) is 2.91. The van der Waals surface area contributed by atoms with Crippen molar-refractivity contribution in [1.82, 2.24) is 4.90 Å². The molecule has 5 saturated carbocycles. The maximum atomic E-state index is 3.17. The van der Waals surface area contributed by atoms with Crippen LogP contribution in [0, 0.1) is 17.8 Å². The third kappa shape index (κ3) is 6.48. The van der Waals surface area contributed by atoms with Gasteiger partial charge >= 0.3 is 0 Å². The summed E-state index contributed by atoms with van der Waals surface area (Å²) in [4.78, 5) is 3.17. The largest absolute Gasteiger partial charge is 0.294 e. The molecule has 0 spiro atoms. The molecule has 5 rings (SSSR count). The SMILES string of the molecule is C(=C(C1CCCCC1)C1CCCCC1)C1CCC(N(C2CCCCC2)C2CCCCC2)CC1. The van der Waals surface area contributed by atoms with Crippen LogP contribution in [0.2, 0.25) is 0 Å². The molecule has 0 bridgehead atoms. The Morgan fingerprint density at radius 2 is 0.758 bits per heavy atom. The van der Waals surface area contributed by atoms with Crippen LogP contribution in [-0.4, -0.2) is 23.0 Å². The van der Waals surface area contributed by atoms with Crippen molar-refractivity contribution in [3.8, 4) is 0 Å². The van der Waals surface area contributed by atoms with Gasteiger partial charge in [-0.3, -0.25) is 4.90 Å². The van der Waals surface area contributed by atoms with Crippen LogP contribution < -0.4 is 0 Å². The van der Waals surface area contributed by atoms with Crippen molar-refractivity contribution in [2.45, 2.75) is 172 Å². The number of allylic oxidation sites excluding steroid dienone is 2. The van der Waals surface area contributed by atoms with Crippen molar-refractivity contribution in [2.24, 2.45) is 17.8 Å². The zero-order valence-electron chi connectivity index (χ0n) is 22.0. The normalized spacial score (nSPS) is 32.2. The van der Waals surface area contributed by atoms with Crippen LogP contribution in [0.3, 0.4) is 0 Å². The van der Waals surface area contributed by atoms with Crippen LogP contribution in [0.25, 0.3) is 0 Å². The second-order valence-electron chi connectivity index (χ2n) is 12.9. The van der Waals surface area contributed by atoms with Gasteiger partial charge in [0.2, 0.25) is 0 Å². The minimum atomic E-state index is 0.902. The lowest BCUT2D eigenvalue weighted by atomic mass is 9.71. The van der Waals surface area contributed by atoms with Gasteiger partial charge < -0.3 is 0 Å². The molecule has 33 heavy (non-hydrogen) atoms. The molecule has 0 N–H and O–H groups in total. The lowest BCUT2D eigenvalue weighted by molar-refractivity contribution is 0.0181. The number of nitrogens with zero attached hydrogens (tertiary/aromatic N) is 1. The summed E-state index contributed by atoms with van der Waals surface area (Å²) in [5, 5.41) is 0. The quantitative estimate of drug-likeness (QED) is 0.362. The molecule has 0 radical (unpaired) electrons. The molecule has 5 fully saturated rings. The van der Waals surface area contributed by atoms with Crippen molar-refractivity contribution >= 4 is 0 Å². The lowest BCUT2D eigenvalue weighted by Gasteiger charge is -2.48. The van der Waals surface area contributed by atoms with Gasteiger partial charge in [0.1, 0.15) is 0 Å². The van der Waals surface area contributed by atoms with E-state index in [1.807, 2.05) is 5.57 Å². The van der Waals surface area contributed by atoms with E-state index < -0.39 is 0 Å². The van der Waals surface area contributed by atoms with E-state index in [1.165, 1.54) is 154 Å². The summed E-state index contributed by atoms with van der Waals surface area (Å²) in [5.41, 5.74) is 1.98. The Hall–Kier alpha value is -0.300. The highest BCUT2D eigenvalue weighted by Gasteiger charge is 2.36. The van der Waals surface area contributed by atoms with E-state index in [1.54, 1.807) is 0 Å². The lowest BCUT2D eigenvalue weighted by Crippen LogP contribution is -2.51. The van der Waals surface area contributed by atoms with Gasteiger partial charge in [0.05, 0.1) is 0 Å². The highest BCUT2D eigenvalue weighted by atomic mass is 15.2. The third-order valence-corrected chi connectivity index (χ3v) is 10.7. The first-order valence-electron chi connectivity index (χ1n) is 15.9. The van der Waals surface area contributed by atoms with Gasteiger partial charge in [0, 0.05) is 18.1 Å². The first kappa shape index (κ1) is 24.4. The summed E-state index contributed by atoms with van der Waals surface area (Å²) >= 11 is 0. The molecule has 0 heterocycles. The Bertz CT molecular complexity index is 538. The number of hydrogen-bond acceptors (Lipinski definition) is 1. The second kappa shape index (κ2) is 12.6. The molecule has 0 amide bonds. The molecule has 0 aromatic heterocycles. The van der Waals surface area contributed by atoms with E-state index in [0.717, 1.165) is 35.9 Å². The van der Waals surface area contributed by atoms with Gasteiger partial charge in [0.15, 0.2) is 0 Å². The Morgan fingerprint density at radius 3 is 1.18 bits per heavy atom. The predicted octanol–water partition coefficient (Wildman–Crippen LogP) is 9.60. The Labute approximate surface area is 206 Å². The number of hydrogen-bond donors (Lipinski definition) is 0. The first-order valence-corrected chi connectivity index (χ1v) is 15.9. The molecule has 0 atom stereocenters. The summed E-state index contributed by atoms with van der Waals surface area (Å²) in [6, 6.07) is 2.77. The summed E-state index contributed by atoms with van der Waals surface area (Å²) in [5.74, 6) is 2.82. The predicted molar refractivity (Wildman–Crippen MR) is 143 cm³/mol. The molecule has 1 heteroatoms. The highest BCUT2D eigenvalue weighted by molar-refractivity contribution is 5.15. The molecule has 0 unspecified atom stereocenters. The van der Waals surface area contributed by atoms with Crippen LogP contribution in [0.1, 0.15) is 154 Å². The summed E-state index contributed by atoms with van der Waals surface area (Å²) in [7, 11) is 0. The second-order valence-corrected chi connectivity index (χ2v) is 12.9. The van der Waals surface area contributed by atoms with Crippen molar-refractivity contribution in [3.63, 3.8) is 0 Å². The van der Waals surface area contributed by atoms with Gasteiger partial charge in [0.25, 0.3) is 0 Å². The molecule has 1 nitrogen and oxygen atoms in total. The average molecular weight is 454 g/mol. The van der Waals surface area contributed by atoms with Crippen molar-refractivity contribution < 1.29 is 0 Å². The maximum Gasteiger partial charge on any atom is 0.0102 e.